The lowest BCUT2D eigenvalue weighted by molar-refractivity contribution is -0.129. The van der Waals surface area contributed by atoms with Gasteiger partial charge in [-0.2, -0.15) is 0 Å². The summed E-state index contributed by atoms with van der Waals surface area (Å²) in [7, 11) is 0. The molecule has 0 aromatic carbocycles. The van der Waals surface area contributed by atoms with Gasteiger partial charge in [-0.05, 0) is 12.8 Å². The minimum Gasteiger partial charge on any atom is -0.342 e. The number of nitrogens with zero attached hydrogens (tertiary/aromatic N) is 4. The van der Waals surface area contributed by atoms with Gasteiger partial charge in [0, 0.05) is 36.8 Å². The first kappa shape index (κ1) is 16.8. The van der Waals surface area contributed by atoms with Crippen LogP contribution in [-0.4, -0.2) is 55.7 Å². The van der Waals surface area contributed by atoms with Gasteiger partial charge in [0.15, 0.2) is 0 Å². The van der Waals surface area contributed by atoms with E-state index in [2.05, 4.69) is 40.9 Å². The Labute approximate surface area is 142 Å². The molecule has 0 atom stereocenters. The molecular formula is C16H27N5OS. The Morgan fingerprint density at radius 3 is 2.70 bits per heavy atom. The fourth-order valence-corrected chi connectivity index (χ4v) is 3.91. The molecular weight excluding hydrogens is 310 g/mol. The number of piperidine rings is 1. The van der Waals surface area contributed by atoms with E-state index in [1.54, 1.807) is 11.8 Å². The molecule has 0 radical (unpaired) electrons. The Hall–Kier alpha value is -1.08. The van der Waals surface area contributed by atoms with Crippen LogP contribution in [0.5, 0.6) is 0 Å². The number of nitrogens with one attached hydrogen (secondary N) is 1. The first-order valence-corrected chi connectivity index (χ1v) is 9.47. The predicted octanol–water partition coefficient (Wildman–Crippen LogP) is 1.62. The lowest BCUT2D eigenvalue weighted by Gasteiger charge is -2.32. The van der Waals surface area contributed by atoms with Crippen molar-refractivity contribution in [2.75, 3.05) is 25.4 Å². The molecule has 1 amide bonds. The Kier molecular flexibility index (Phi) is 4.96. The van der Waals surface area contributed by atoms with Crippen molar-refractivity contribution in [3.63, 3.8) is 0 Å². The second-order valence-corrected chi connectivity index (χ2v) is 9.16. The molecule has 2 aliphatic rings. The zero-order valence-corrected chi connectivity index (χ0v) is 15.2. The number of hydrogen-bond acceptors (Lipinski definition) is 5. The molecule has 3 heterocycles. The lowest BCUT2D eigenvalue weighted by atomic mass is 9.95. The van der Waals surface area contributed by atoms with Crippen LogP contribution in [0.2, 0.25) is 0 Å². The van der Waals surface area contributed by atoms with Crippen LogP contribution in [0.3, 0.4) is 0 Å². The summed E-state index contributed by atoms with van der Waals surface area (Å²) in [5.41, 5.74) is 0. The molecule has 1 aromatic rings. The van der Waals surface area contributed by atoms with Crippen LogP contribution in [0.15, 0.2) is 0 Å². The zero-order valence-electron chi connectivity index (χ0n) is 14.3. The quantitative estimate of drug-likeness (QED) is 0.908. The topological polar surface area (TPSA) is 63.1 Å². The molecule has 0 saturated carbocycles. The van der Waals surface area contributed by atoms with Crippen molar-refractivity contribution in [1.29, 1.82) is 0 Å². The number of fused-ring (bicyclic) bond motifs is 1. The third-order valence-electron chi connectivity index (χ3n) is 4.49. The SMILES string of the molecule is CC(C)(C)SCC(=O)N1CCC(c2nnc3n2CCNC3)CC1. The maximum absolute atomic E-state index is 12.3. The fraction of sp³-hybridized carbons (Fsp3) is 0.812. The molecule has 2 aliphatic heterocycles. The number of amides is 1. The molecule has 1 aromatic heterocycles. The van der Waals surface area contributed by atoms with Crippen molar-refractivity contribution in [2.45, 2.75) is 57.4 Å². The highest BCUT2D eigenvalue weighted by molar-refractivity contribution is 8.01. The van der Waals surface area contributed by atoms with Crippen LogP contribution >= 0.6 is 11.8 Å². The Morgan fingerprint density at radius 1 is 1.26 bits per heavy atom. The summed E-state index contributed by atoms with van der Waals surface area (Å²) >= 11 is 1.73. The minimum atomic E-state index is 0.141. The summed E-state index contributed by atoms with van der Waals surface area (Å²) in [4.78, 5) is 14.4. The largest absolute Gasteiger partial charge is 0.342 e. The average molecular weight is 337 g/mol. The first-order chi connectivity index (χ1) is 10.9. The van der Waals surface area contributed by atoms with Crippen LogP contribution in [-0.2, 0) is 17.9 Å². The van der Waals surface area contributed by atoms with Gasteiger partial charge >= 0.3 is 0 Å². The Bertz CT molecular complexity index is 557. The number of rotatable bonds is 3. The highest BCUT2D eigenvalue weighted by Gasteiger charge is 2.29. The Morgan fingerprint density at radius 2 is 2.00 bits per heavy atom. The molecule has 23 heavy (non-hydrogen) atoms. The highest BCUT2D eigenvalue weighted by Crippen LogP contribution is 2.29. The molecule has 0 spiro atoms. The molecule has 128 valence electrons. The van der Waals surface area contributed by atoms with Gasteiger partial charge in [-0.1, -0.05) is 20.8 Å². The molecule has 7 heteroatoms. The summed E-state index contributed by atoms with van der Waals surface area (Å²) in [6, 6.07) is 0. The van der Waals surface area contributed by atoms with Crippen molar-refractivity contribution < 1.29 is 4.79 Å². The molecule has 1 fully saturated rings. The van der Waals surface area contributed by atoms with Gasteiger partial charge in [0.25, 0.3) is 0 Å². The van der Waals surface area contributed by atoms with E-state index in [0.29, 0.717) is 11.7 Å². The second-order valence-electron chi connectivity index (χ2n) is 7.36. The van der Waals surface area contributed by atoms with Gasteiger partial charge in [0.1, 0.15) is 11.6 Å². The highest BCUT2D eigenvalue weighted by atomic mass is 32.2. The van der Waals surface area contributed by atoms with Gasteiger partial charge in [0.2, 0.25) is 5.91 Å². The Balaban J connectivity index is 1.54. The first-order valence-electron chi connectivity index (χ1n) is 8.48. The molecule has 0 unspecified atom stereocenters. The van der Waals surface area contributed by atoms with E-state index in [1.807, 2.05) is 4.90 Å². The normalized spacial score (nSPS) is 19.7. The van der Waals surface area contributed by atoms with E-state index in [4.69, 9.17) is 0 Å². The van der Waals surface area contributed by atoms with Crippen LogP contribution in [0.4, 0.5) is 0 Å². The number of aromatic nitrogens is 3. The summed E-state index contributed by atoms with van der Waals surface area (Å²) in [5.74, 6) is 3.47. The molecule has 1 saturated heterocycles. The minimum absolute atomic E-state index is 0.141. The van der Waals surface area contributed by atoms with Crippen molar-refractivity contribution in [1.82, 2.24) is 25.0 Å². The van der Waals surface area contributed by atoms with Gasteiger partial charge < -0.3 is 14.8 Å². The molecule has 0 aliphatic carbocycles. The van der Waals surface area contributed by atoms with Crippen LogP contribution < -0.4 is 5.32 Å². The van der Waals surface area contributed by atoms with E-state index in [1.165, 1.54) is 0 Å². The summed E-state index contributed by atoms with van der Waals surface area (Å²) in [5, 5.41) is 12.1. The van der Waals surface area contributed by atoms with Crippen LogP contribution in [0.25, 0.3) is 0 Å². The van der Waals surface area contributed by atoms with Gasteiger partial charge in [-0.25, -0.2) is 0 Å². The van der Waals surface area contributed by atoms with Gasteiger partial charge in [-0.15, -0.1) is 22.0 Å². The number of carbonyl (C=O) groups excluding carboxylic acids is 1. The maximum atomic E-state index is 12.3. The third kappa shape index (κ3) is 4.07. The molecule has 1 N–H and O–H groups in total. The van der Waals surface area contributed by atoms with Crippen molar-refractivity contribution in [3.8, 4) is 0 Å². The smallest absolute Gasteiger partial charge is 0.232 e. The van der Waals surface area contributed by atoms with Crippen molar-refractivity contribution >= 4 is 17.7 Å². The van der Waals surface area contributed by atoms with E-state index >= 15 is 0 Å². The van der Waals surface area contributed by atoms with E-state index < -0.39 is 0 Å². The van der Waals surface area contributed by atoms with Gasteiger partial charge in [-0.3, -0.25) is 4.79 Å². The van der Waals surface area contributed by atoms with Crippen LogP contribution in [0, 0.1) is 0 Å². The number of hydrogen-bond donors (Lipinski definition) is 1. The van der Waals surface area contributed by atoms with E-state index in [9.17, 15) is 4.79 Å². The number of carbonyl (C=O) groups is 1. The van der Waals surface area contributed by atoms with Crippen LogP contribution in [0.1, 0.15) is 51.2 Å². The second kappa shape index (κ2) is 6.81. The number of thioether (sulfide) groups is 1. The predicted molar refractivity (Wildman–Crippen MR) is 92.5 cm³/mol. The molecule has 6 nitrogen and oxygen atoms in total. The van der Waals surface area contributed by atoms with Crippen molar-refractivity contribution in [3.05, 3.63) is 11.6 Å². The monoisotopic (exact) mass is 337 g/mol. The summed E-state index contributed by atoms with van der Waals surface area (Å²) in [6.45, 7) is 10.9. The van der Waals surface area contributed by atoms with Gasteiger partial charge in [0.05, 0.1) is 12.3 Å². The standard InChI is InChI=1S/C16H27N5OS/c1-16(2,3)23-11-14(22)20-7-4-12(5-8-20)15-19-18-13-10-17-6-9-21(13)15/h12,17H,4-11H2,1-3H3. The fourth-order valence-electron chi connectivity index (χ4n) is 3.17. The van der Waals surface area contributed by atoms with Crippen molar-refractivity contribution in [2.24, 2.45) is 0 Å². The third-order valence-corrected chi connectivity index (χ3v) is 5.75. The zero-order chi connectivity index (χ0) is 16.4. The summed E-state index contributed by atoms with van der Waals surface area (Å²) < 4.78 is 2.41. The molecule has 0 bridgehead atoms. The van der Waals surface area contributed by atoms with E-state index in [-0.39, 0.29) is 10.7 Å². The lowest BCUT2D eigenvalue weighted by Crippen LogP contribution is -2.40. The maximum Gasteiger partial charge on any atom is 0.232 e. The van der Waals surface area contributed by atoms with E-state index in [0.717, 1.165) is 57.2 Å². The number of likely N-dealkylation sites (tertiary alicyclic amines) is 1. The summed E-state index contributed by atoms with van der Waals surface area (Å²) in [6.07, 6.45) is 2.00. The molecule has 3 rings (SSSR count). The average Bonchev–Trinajstić information content (AvgIpc) is 2.96.